The molecule has 0 aliphatic carbocycles. The minimum Gasteiger partial charge on any atom is -0.504 e. The fourth-order valence-corrected chi connectivity index (χ4v) is 1.99. The molecular formula is C15H15BrN2O3. The molecule has 0 fully saturated rings. The van der Waals surface area contributed by atoms with Crippen LogP contribution in [0.2, 0.25) is 0 Å². The van der Waals surface area contributed by atoms with E-state index in [1.807, 2.05) is 12.1 Å². The largest absolute Gasteiger partial charge is 0.504 e. The standard InChI is InChI=1S/C15H15BrN2O3/c1-21-14-8-10(2-7-13(14)19)9-17-15(20)18-12-5-3-11(16)4-6-12/h2-8,19H,9H2,1H3,(H2,17,18,20). The Morgan fingerprint density at radius 3 is 2.62 bits per heavy atom. The second-order valence-corrected chi connectivity index (χ2v) is 5.24. The monoisotopic (exact) mass is 350 g/mol. The van der Waals surface area contributed by atoms with Crippen LogP contribution in [0, 0.1) is 0 Å². The van der Waals surface area contributed by atoms with Crippen LogP contribution in [-0.4, -0.2) is 18.2 Å². The van der Waals surface area contributed by atoms with Crippen LogP contribution >= 0.6 is 15.9 Å². The first-order valence-corrected chi connectivity index (χ1v) is 7.04. The first-order chi connectivity index (χ1) is 10.1. The lowest BCUT2D eigenvalue weighted by Crippen LogP contribution is -2.28. The van der Waals surface area contributed by atoms with Crippen LogP contribution in [0.4, 0.5) is 10.5 Å². The zero-order chi connectivity index (χ0) is 15.2. The SMILES string of the molecule is COc1cc(CNC(=O)Nc2ccc(Br)cc2)ccc1O. The number of aromatic hydroxyl groups is 1. The Hall–Kier alpha value is -2.21. The van der Waals surface area contributed by atoms with Gasteiger partial charge in [-0.15, -0.1) is 0 Å². The molecule has 0 radical (unpaired) electrons. The smallest absolute Gasteiger partial charge is 0.319 e. The van der Waals surface area contributed by atoms with Crippen LogP contribution in [-0.2, 0) is 6.54 Å². The van der Waals surface area contributed by atoms with E-state index in [2.05, 4.69) is 26.6 Å². The van der Waals surface area contributed by atoms with Crippen molar-refractivity contribution in [3.05, 3.63) is 52.5 Å². The van der Waals surface area contributed by atoms with Gasteiger partial charge in [-0.05, 0) is 42.0 Å². The summed E-state index contributed by atoms with van der Waals surface area (Å²) >= 11 is 3.33. The van der Waals surface area contributed by atoms with E-state index in [0.29, 0.717) is 18.0 Å². The molecule has 3 N–H and O–H groups in total. The molecule has 0 aromatic heterocycles. The van der Waals surface area contributed by atoms with Gasteiger partial charge >= 0.3 is 6.03 Å². The van der Waals surface area contributed by atoms with Gasteiger partial charge in [0.25, 0.3) is 0 Å². The minimum absolute atomic E-state index is 0.0700. The van der Waals surface area contributed by atoms with Gasteiger partial charge in [-0.3, -0.25) is 0 Å². The number of methoxy groups -OCH3 is 1. The topological polar surface area (TPSA) is 70.6 Å². The lowest BCUT2D eigenvalue weighted by atomic mass is 10.2. The normalized spacial score (nSPS) is 10.0. The van der Waals surface area contributed by atoms with Gasteiger partial charge in [0.15, 0.2) is 11.5 Å². The van der Waals surface area contributed by atoms with E-state index >= 15 is 0 Å². The number of carbonyl (C=O) groups excluding carboxylic acids is 1. The van der Waals surface area contributed by atoms with E-state index in [1.165, 1.54) is 13.2 Å². The second kappa shape index (κ2) is 6.99. The number of halogens is 1. The van der Waals surface area contributed by atoms with Crippen molar-refractivity contribution in [1.82, 2.24) is 5.32 Å². The molecule has 21 heavy (non-hydrogen) atoms. The maximum absolute atomic E-state index is 11.8. The molecule has 2 aromatic rings. The second-order valence-electron chi connectivity index (χ2n) is 4.32. The maximum Gasteiger partial charge on any atom is 0.319 e. The average molecular weight is 351 g/mol. The van der Waals surface area contributed by atoms with Crippen molar-refractivity contribution in [2.75, 3.05) is 12.4 Å². The molecule has 2 amide bonds. The quantitative estimate of drug-likeness (QED) is 0.790. The summed E-state index contributed by atoms with van der Waals surface area (Å²) in [5.74, 6) is 0.447. The van der Waals surface area contributed by atoms with Crippen molar-refractivity contribution < 1.29 is 14.6 Å². The highest BCUT2D eigenvalue weighted by Crippen LogP contribution is 2.26. The van der Waals surface area contributed by atoms with Crippen LogP contribution in [0.25, 0.3) is 0 Å². The third kappa shape index (κ3) is 4.39. The van der Waals surface area contributed by atoms with Gasteiger partial charge in [0.2, 0.25) is 0 Å². The number of hydrogen-bond acceptors (Lipinski definition) is 3. The molecule has 0 aliphatic heterocycles. The number of phenols is 1. The van der Waals surface area contributed by atoms with E-state index in [1.54, 1.807) is 24.3 Å². The number of urea groups is 1. The molecule has 110 valence electrons. The maximum atomic E-state index is 11.8. The lowest BCUT2D eigenvalue weighted by molar-refractivity contribution is 0.251. The van der Waals surface area contributed by atoms with E-state index in [-0.39, 0.29) is 11.8 Å². The minimum atomic E-state index is -0.302. The Morgan fingerprint density at radius 2 is 1.95 bits per heavy atom. The summed E-state index contributed by atoms with van der Waals surface area (Å²) in [6.07, 6.45) is 0. The van der Waals surface area contributed by atoms with Gasteiger partial charge < -0.3 is 20.5 Å². The van der Waals surface area contributed by atoms with Gasteiger partial charge in [0, 0.05) is 16.7 Å². The Kier molecular flexibility index (Phi) is 5.05. The molecule has 0 heterocycles. The Balaban J connectivity index is 1.90. The van der Waals surface area contributed by atoms with Crippen LogP contribution in [0.5, 0.6) is 11.5 Å². The average Bonchev–Trinajstić information content (AvgIpc) is 2.49. The molecule has 0 unspecified atom stereocenters. The number of amides is 2. The molecule has 6 heteroatoms. The number of hydrogen-bond donors (Lipinski definition) is 3. The highest BCUT2D eigenvalue weighted by Gasteiger charge is 2.05. The predicted molar refractivity (Wildman–Crippen MR) is 84.7 cm³/mol. The zero-order valence-corrected chi connectivity index (χ0v) is 13.0. The van der Waals surface area contributed by atoms with E-state index < -0.39 is 0 Å². The third-order valence-electron chi connectivity index (χ3n) is 2.80. The van der Waals surface area contributed by atoms with Crippen LogP contribution < -0.4 is 15.4 Å². The number of ether oxygens (including phenoxy) is 1. The molecule has 0 saturated carbocycles. The summed E-state index contributed by atoms with van der Waals surface area (Å²) in [7, 11) is 1.48. The van der Waals surface area contributed by atoms with Crippen molar-refractivity contribution in [1.29, 1.82) is 0 Å². The Labute approximate surface area is 131 Å². The summed E-state index contributed by atoms with van der Waals surface area (Å²) in [6, 6.07) is 11.9. The highest BCUT2D eigenvalue weighted by atomic mass is 79.9. The number of phenolic OH excluding ortho intramolecular Hbond substituents is 1. The van der Waals surface area contributed by atoms with Crippen LogP contribution in [0.15, 0.2) is 46.9 Å². The summed E-state index contributed by atoms with van der Waals surface area (Å²) in [6.45, 7) is 0.332. The third-order valence-corrected chi connectivity index (χ3v) is 3.33. The van der Waals surface area contributed by atoms with Gasteiger partial charge in [0.05, 0.1) is 7.11 Å². The van der Waals surface area contributed by atoms with Gasteiger partial charge in [0.1, 0.15) is 0 Å². The molecule has 0 atom stereocenters. The fourth-order valence-electron chi connectivity index (χ4n) is 1.72. The van der Waals surface area contributed by atoms with Gasteiger partial charge in [-0.25, -0.2) is 4.79 Å². The van der Waals surface area contributed by atoms with Gasteiger partial charge in [-0.1, -0.05) is 22.0 Å². The number of carbonyl (C=O) groups is 1. The lowest BCUT2D eigenvalue weighted by Gasteiger charge is -2.09. The molecule has 0 bridgehead atoms. The predicted octanol–water partition coefficient (Wildman–Crippen LogP) is 3.49. The Bertz CT molecular complexity index is 629. The number of benzene rings is 2. The van der Waals surface area contributed by atoms with Crippen molar-refractivity contribution in [3.8, 4) is 11.5 Å². The van der Waals surface area contributed by atoms with Gasteiger partial charge in [-0.2, -0.15) is 0 Å². The number of rotatable bonds is 4. The Morgan fingerprint density at radius 1 is 1.24 bits per heavy atom. The molecule has 0 saturated heterocycles. The van der Waals surface area contributed by atoms with Crippen LogP contribution in [0.1, 0.15) is 5.56 Å². The fraction of sp³-hybridized carbons (Fsp3) is 0.133. The highest BCUT2D eigenvalue weighted by molar-refractivity contribution is 9.10. The summed E-state index contributed by atoms with van der Waals surface area (Å²) < 4.78 is 5.97. The molecular weight excluding hydrogens is 336 g/mol. The summed E-state index contributed by atoms with van der Waals surface area (Å²) in [4.78, 5) is 11.8. The molecule has 2 rings (SSSR count). The van der Waals surface area contributed by atoms with Crippen molar-refractivity contribution in [2.24, 2.45) is 0 Å². The van der Waals surface area contributed by atoms with E-state index in [0.717, 1.165) is 10.0 Å². The molecule has 0 aliphatic rings. The number of nitrogens with one attached hydrogen (secondary N) is 2. The van der Waals surface area contributed by atoms with Crippen molar-refractivity contribution >= 4 is 27.6 Å². The van der Waals surface area contributed by atoms with Crippen LogP contribution in [0.3, 0.4) is 0 Å². The molecule has 5 nitrogen and oxygen atoms in total. The van der Waals surface area contributed by atoms with Crippen molar-refractivity contribution in [2.45, 2.75) is 6.54 Å². The van der Waals surface area contributed by atoms with E-state index in [9.17, 15) is 9.90 Å². The first-order valence-electron chi connectivity index (χ1n) is 6.25. The summed E-state index contributed by atoms with van der Waals surface area (Å²) in [5, 5.41) is 15.0. The van der Waals surface area contributed by atoms with Crippen molar-refractivity contribution in [3.63, 3.8) is 0 Å². The zero-order valence-electron chi connectivity index (χ0n) is 11.4. The first kappa shape index (κ1) is 15.2. The molecule has 2 aromatic carbocycles. The van der Waals surface area contributed by atoms with E-state index in [4.69, 9.17) is 4.74 Å². The summed E-state index contributed by atoms with van der Waals surface area (Å²) in [5.41, 5.74) is 1.54. The molecule has 0 spiro atoms. The number of anilines is 1.